The molecule has 0 aromatic heterocycles. The molecule has 1 heterocycles. The molecule has 0 bridgehead atoms. The Kier molecular flexibility index (Phi) is 6.69. The van der Waals surface area contributed by atoms with Crippen molar-refractivity contribution in [3.05, 3.63) is 0 Å². The molecule has 102 valence electrons. The molecule has 0 radical (unpaired) electrons. The second-order valence-electron chi connectivity index (χ2n) is 4.72. The number of hydrogen-bond acceptors (Lipinski definition) is 4. The van der Waals surface area contributed by atoms with Crippen LogP contribution in [-0.4, -0.2) is 43.2 Å². The number of nitrogens with two attached hydrogens (primary N) is 1. The molecule has 18 heavy (non-hydrogen) atoms. The fourth-order valence-corrected chi connectivity index (χ4v) is 2.23. The smallest absolute Gasteiger partial charge is 0.222 e. The first-order valence-corrected chi connectivity index (χ1v) is 6.70. The van der Waals surface area contributed by atoms with Gasteiger partial charge in [0.15, 0.2) is 6.10 Å². The third-order valence-corrected chi connectivity index (χ3v) is 3.48. The standard InChI is InChI=1S/C13H23N3O2/c1-2-11(5-6-14)3-4-13(17)16-7-8-18-12(9-15)10-16/h11-12H,2-8,10,14H2,1H3. The summed E-state index contributed by atoms with van der Waals surface area (Å²) in [5.41, 5.74) is 5.54. The molecule has 5 heteroatoms. The van der Waals surface area contributed by atoms with Gasteiger partial charge in [0, 0.05) is 13.0 Å². The molecular formula is C13H23N3O2. The van der Waals surface area contributed by atoms with Crippen molar-refractivity contribution in [2.24, 2.45) is 11.7 Å². The summed E-state index contributed by atoms with van der Waals surface area (Å²) in [5, 5.41) is 8.79. The van der Waals surface area contributed by atoms with Crippen molar-refractivity contribution in [3.8, 4) is 6.07 Å². The molecule has 1 fully saturated rings. The SMILES string of the molecule is CCC(CCN)CCC(=O)N1CCOC(C#N)C1. The molecule has 0 spiro atoms. The van der Waals surface area contributed by atoms with E-state index < -0.39 is 6.10 Å². The molecule has 1 amide bonds. The molecule has 2 unspecified atom stereocenters. The van der Waals surface area contributed by atoms with Crippen LogP contribution in [0.15, 0.2) is 0 Å². The van der Waals surface area contributed by atoms with Crippen molar-refractivity contribution < 1.29 is 9.53 Å². The van der Waals surface area contributed by atoms with Crippen LogP contribution in [0, 0.1) is 17.2 Å². The van der Waals surface area contributed by atoms with Crippen LogP contribution in [0.4, 0.5) is 0 Å². The molecule has 5 nitrogen and oxygen atoms in total. The summed E-state index contributed by atoms with van der Waals surface area (Å²) in [6, 6.07) is 2.05. The van der Waals surface area contributed by atoms with Crippen LogP contribution >= 0.6 is 0 Å². The summed E-state index contributed by atoms with van der Waals surface area (Å²) in [7, 11) is 0. The highest BCUT2D eigenvalue weighted by Crippen LogP contribution is 2.16. The Labute approximate surface area is 109 Å². The lowest BCUT2D eigenvalue weighted by atomic mass is 9.96. The summed E-state index contributed by atoms with van der Waals surface area (Å²) in [6.07, 6.45) is 3.02. The van der Waals surface area contributed by atoms with E-state index in [0.717, 1.165) is 19.3 Å². The van der Waals surface area contributed by atoms with Crippen molar-refractivity contribution >= 4 is 5.91 Å². The molecule has 0 aromatic carbocycles. The van der Waals surface area contributed by atoms with Crippen LogP contribution in [0.1, 0.15) is 32.6 Å². The van der Waals surface area contributed by atoms with E-state index in [0.29, 0.717) is 38.6 Å². The van der Waals surface area contributed by atoms with Gasteiger partial charge in [-0.05, 0) is 25.3 Å². The number of nitriles is 1. The number of morpholine rings is 1. The van der Waals surface area contributed by atoms with Crippen molar-refractivity contribution in [3.63, 3.8) is 0 Å². The number of nitrogens with zero attached hydrogens (tertiary/aromatic N) is 2. The molecular weight excluding hydrogens is 230 g/mol. The first kappa shape index (κ1) is 14.9. The summed E-state index contributed by atoms with van der Waals surface area (Å²) in [5.74, 6) is 0.667. The van der Waals surface area contributed by atoms with Gasteiger partial charge in [-0.15, -0.1) is 0 Å². The van der Waals surface area contributed by atoms with E-state index in [1.54, 1.807) is 4.90 Å². The van der Waals surface area contributed by atoms with Crippen LogP contribution in [0.5, 0.6) is 0 Å². The number of rotatable bonds is 6. The van der Waals surface area contributed by atoms with Gasteiger partial charge < -0.3 is 15.4 Å². The number of carbonyl (C=O) groups is 1. The second-order valence-corrected chi connectivity index (χ2v) is 4.72. The molecule has 2 N–H and O–H groups in total. The average molecular weight is 253 g/mol. The maximum Gasteiger partial charge on any atom is 0.222 e. The highest BCUT2D eigenvalue weighted by Gasteiger charge is 2.23. The van der Waals surface area contributed by atoms with Crippen LogP contribution in [0.3, 0.4) is 0 Å². The summed E-state index contributed by atoms with van der Waals surface area (Å²) >= 11 is 0. The van der Waals surface area contributed by atoms with E-state index >= 15 is 0 Å². The normalized spacial score (nSPS) is 21.4. The van der Waals surface area contributed by atoms with Gasteiger partial charge in [0.05, 0.1) is 19.2 Å². The maximum atomic E-state index is 12.0. The monoisotopic (exact) mass is 253 g/mol. The van der Waals surface area contributed by atoms with Gasteiger partial charge in [0.2, 0.25) is 5.91 Å². The quantitative estimate of drug-likeness (QED) is 0.762. The maximum absolute atomic E-state index is 12.0. The molecule has 1 rings (SSSR count). The lowest BCUT2D eigenvalue weighted by molar-refractivity contribution is -0.137. The number of ether oxygens (including phenoxy) is 1. The highest BCUT2D eigenvalue weighted by molar-refractivity contribution is 5.76. The zero-order valence-electron chi connectivity index (χ0n) is 11.1. The molecule has 1 aliphatic rings. The Morgan fingerprint density at radius 2 is 2.39 bits per heavy atom. The van der Waals surface area contributed by atoms with Crippen molar-refractivity contribution in [1.82, 2.24) is 4.90 Å². The minimum atomic E-state index is -0.464. The Hall–Kier alpha value is -1.12. The number of amides is 1. The van der Waals surface area contributed by atoms with E-state index in [9.17, 15) is 4.79 Å². The number of carbonyl (C=O) groups excluding carboxylic acids is 1. The Morgan fingerprint density at radius 1 is 1.61 bits per heavy atom. The van der Waals surface area contributed by atoms with Crippen LogP contribution < -0.4 is 5.73 Å². The molecule has 1 aliphatic heterocycles. The summed E-state index contributed by atoms with van der Waals surface area (Å²) in [4.78, 5) is 13.8. The van der Waals surface area contributed by atoms with E-state index in [-0.39, 0.29) is 5.91 Å². The van der Waals surface area contributed by atoms with Crippen LogP contribution in [-0.2, 0) is 9.53 Å². The minimum absolute atomic E-state index is 0.133. The zero-order valence-corrected chi connectivity index (χ0v) is 11.1. The van der Waals surface area contributed by atoms with Crippen molar-refractivity contribution in [1.29, 1.82) is 5.26 Å². The molecule has 1 saturated heterocycles. The first-order valence-electron chi connectivity index (χ1n) is 6.70. The van der Waals surface area contributed by atoms with E-state index in [4.69, 9.17) is 15.7 Å². The van der Waals surface area contributed by atoms with E-state index in [1.807, 2.05) is 0 Å². The lowest BCUT2D eigenvalue weighted by Crippen LogP contribution is -2.45. The number of hydrogen-bond donors (Lipinski definition) is 1. The van der Waals surface area contributed by atoms with Gasteiger partial charge in [-0.3, -0.25) is 4.79 Å². The minimum Gasteiger partial charge on any atom is -0.360 e. The topological polar surface area (TPSA) is 79.3 Å². The Morgan fingerprint density at radius 3 is 3.00 bits per heavy atom. The molecule has 0 aliphatic carbocycles. The fraction of sp³-hybridized carbons (Fsp3) is 0.846. The zero-order chi connectivity index (χ0) is 13.4. The van der Waals surface area contributed by atoms with Gasteiger partial charge in [0.25, 0.3) is 0 Å². The van der Waals surface area contributed by atoms with Gasteiger partial charge in [-0.1, -0.05) is 13.3 Å². The van der Waals surface area contributed by atoms with Gasteiger partial charge in [-0.2, -0.15) is 5.26 Å². The van der Waals surface area contributed by atoms with Gasteiger partial charge in [0.1, 0.15) is 0 Å². The van der Waals surface area contributed by atoms with E-state index in [2.05, 4.69) is 13.0 Å². The highest BCUT2D eigenvalue weighted by atomic mass is 16.5. The molecule has 2 atom stereocenters. The van der Waals surface area contributed by atoms with Gasteiger partial charge in [-0.25, -0.2) is 0 Å². The molecule has 0 aromatic rings. The average Bonchev–Trinajstić information content (AvgIpc) is 2.43. The fourth-order valence-electron chi connectivity index (χ4n) is 2.23. The van der Waals surface area contributed by atoms with Gasteiger partial charge >= 0.3 is 0 Å². The predicted octanol–water partition coefficient (Wildman–Crippen LogP) is 0.893. The van der Waals surface area contributed by atoms with Crippen LogP contribution in [0.2, 0.25) is 0 Å². The Bertz CT molecular complexity index is 301. The van der Waals surface area contributed by atoms with Crippen molar-refractivity contribution in [2.45, 2.75) is 38.7 Å². The van der Waals surface area contributed by atoms with Crippen molar-refractivity contribution in [2.75, 3.05) is 26.2 Å². The lowest BCUT2D eigenvalue weighted by Gasteiger charge is -2.30. The summed E-state index contributed by atoms with van der Waals surface area (Å²) in [6.45, 7) is 4.28. The third-order valence-electron chi connectivity index (χ3n) is 3.48. The van der Waals surface area contributed by atoms with Crippen LogP contribution in [0.25, 0.3) is 0 Å². The third kappa shape index (κ3) is 4.63. The second kappa shape index (κ2) is 8.06. The summed E-state index contributed by atoms with van der Waals surface area (Å²) < 4.78 is 5.22. The largest absolute Gasteiger partial charge is 0.360 e. The molecule has 0 saturated carbocycles. The Balaban J connectivity index is 2.33. The van der Waals surface area contributed by atoms with E-state index in [1.165, 1.54) is 0 Å². The predicted molar refractivity (Wildman–Crippen MR) is 68.6 cm³/mol. The first-order chi connectivity index (χ1) is 8.71.